The van der Waals surface area contributed by atoms with Crippen molar-refractivity contribution in [3.63, 3.8) is 0 Å². The van der Waals surface area contributed by atoms with Crippen LogP contribution in [0.3, 0.4) is 0 Å². The van der Waals surface area contributed by atoms with E-state index in [1.165, 1.54) is 35.3 Å². The molecule has 0 saturated carbocycles. The number of methoxy groups -OCH3 is 1. The summed E-state index contributed by atoms with van der Waals surface area (Å²) in [5.74, 6) is -2.35. The Labute approximate surface area is 180 Å². The number of amides is 2. The number of carbonyl (C=O) groups excluding carboxylic acids is 2. The Morgan fingerprint density at radius 3 is 2.87 bits per heavy atom. The Hall–Kier alpha value is -2.63. The highest BCUT2D eigenvalue weighted by Gasteiger charge is 2.66. The fourth-order valence-corrected chi connectivity index (χ4v) is 5.56. The second kappa shape index (κ2) is 8.62. The van der Waals surface area contributed by atoms with Crippen molar-refractivity contribution in [3.05, 3.63) is 11.3 Å². The highest BCUT2D eigenvalue weighted by Crippen LogP contribution is 2.47. The number of nitrogens with zero attached hydrogens (tertiary/aromatic N) is 6. The number of thioether (sulfide) groups is 2. The molecule has 3 atom stereocenters. The molecule has 1 aromatic heterocycles. The Bertz CT molecular complexity index is 958. The van der Waals surface area contributed by atoms with E-state index in [2.05, 4.69) is 20.8 Å². The average molecular weight is 454 g/mol. The number of hydrogen-bond acceptors (Lipinski definition) is 10. The zero-order valence-corrected chi connectivity index (χ0v) is 18.0. The van der Waals surface area contributed by atoms with Gasteiger partial charge in [-0.05, 0) is 22.9 Å². The van der Waals surface area contributed by atoms with Crippen LogP contribution in [0, 0.1) is 17.2 Å². The Kier molecular flexibility index (Phi) is 6.34. The molecule has 1 unspecified atom stereocenters. The molecule has 1 saturated heterocycles. The lowest BCUT2D eigenvalue weighted by molar-refractivity contribution is -0.192. The van der Waals surface area contributed by atoms with E-state index in [1.807, 2.05) is 6.07 Å². The predicted molar refractivity (Wildman–Crippen MR) is 105 cm³/mol. The number of β-lactam (4-membered cyclic amide) rings is 1. The van der Waals surface area contributed by atoms with Gasteiger partial charge in [-0.25, -0.2) is 9.48 Å². The summed E-state index contributed by atoms with van der Waals surface area (Å²) in [5.41, 5.74) is -1.25. The lowest BCUT2D eigenvalue weighted by Gasteiger charge is -2.55. The van der Waals surface area contributed by atoms with E-state index in [1.54, 1.807) is 14.0 Å². The van der Waals surface area contributed by atoms with E-state index < -0.39 is 34.8 Å². The van der Waals surface area contributed by atoms with Crippen molar-refractivity contribution in [2.75, 3.05) is 18.6 Å². The molecule has 0 aliphatic carbocycles. The number of aromatic nitrogens is 4. The summed E-state index contributed by atoms with van der Waals surface area (Å²) in [4.78, 5) is 38.3. The highest BCUT2D eigenvalue weighted by molar-refractivity contribution is 8.01. The molecule has 1 fully saturated rings. The number of carboxylic acid groups (broad SMARTS) is 1. The monoisotopic (exact) mass is 453 g/mol. The molecule has 160 valence electrons. The number of tetrazole rings is 1. The number of carboxylic acids is 1. The fourth-order valence-electron chi connectivity index (χ4n) is 3.13. The minimum Gasteiger partial charge on any atom is -0.477 e. The molecule has 2 aliphatic heterocycles. The SMILES string of the molecule is CO[C@@]1(NC(=O)CC(C)C#N)C(=O)N2C(C(=O)O)=C(CSc3nnnn3C)CS[C@@H]21. The van der Waals surface area contributed by atoms with Crippen LogP contribution in [0.25, 0.3) is 0 Å². The third-order valence-electron chi connectivity index (χ3n) is 4.63. The lowest BCUT2D eigenvalue weighted by Crippen LogP contribution is -2.80. The number of hydrogen-bond donors (Lipinski definition) is 2. The van der Waals surface area contributed by atoms with Crippen molar-refractivity contribution >= 4 is 41.3 Å². The molecule has 1 aromatic rings. The van der Waals surface area contributed by atoms with Gasteiger partial charge < -0.3 is 15.2 Å². The molecule has 2 amide bonds. The van der Waals surface area contributed by atoms with Crippen LogP contribution in [0.5, 0.6) is 0 Å². The average Bonchev–Trinajstić information content (AvgIpc) is 3.13. The summed E-state index contributed by atoms with van der Waals surface area (Å²) in [6, 6.07) is 1.96. The second-order valence-electron chi connectivity index (χ2n) is 6.69. The van der Waals surface area contributed by atoms with Crippen molar-refractivity contribution in [2.24, 2.45) is 13.0 Å². The number of carbonyl (C=O) groups is 3. The lowest BCUT2D eigenvalue weighted by atomic mass is 9.97. The van der Waals surface area contributed by atoms with Crippen LogP contribution in [-0.2, 0) is 26.2 Å². The van der Waals surface area contributed by atoms with E-state index in [0.29, 0.717) is 16.5 Å². The van der Waals surface area contributed by atoms with Gasteiger partial charge in [-0.2, -0.15) is 5.26 Å². The molecule has 2 aliphatic rings. The first kappa shape index (κ1) is 22.1. The third kappa shape index (κ3) is 3.75. The highest BCUT2D eigenvalue weighted by atomic mass is 32.2. The van der Waals surface area contributed by atoms with Crippen LogP contribution in [-0.4, -0.2) is 77.7 Å². The normalized spacial score (nSPS) is 24.0. The topological polar surface area (TPSA) is 163 Å². The van der Waals surface area contributed by atoms with E-state index in [9.17, 15) is 19.5 Å². The minimum atomic E-state index is -1.66. The van der Waals surface area contributed by atoms with Gasteiger partial charge in [0, 0.05) is 32.1 Å². The van der Waals surface area contributed by atoms with Crippen LogP contribution < -0.4 is 5.32 Å². The molecule has 2 N–H and O–H groups in total. The van der Waals surface area contributed by atoms with Crippen LogP contribution in [0.1, 0.15) is 13.3 Å². The third-order valence-corrected chi connectivity index (χ3v) is 7.10. The van der Waals surface area contributed by atoms with Crippen molar-refractivity contribution in [1.82, 2.24) is 30.4 Å². The molecule has 0 bridgehead atoms. The van der Waals surface area contributed by atoms with Gasteiger partial charge in [0.15, 0.2) is 0 Å². The van der Waals surface area contributed by atoms with Gasteiger partial charge in [-0.15, -0.1) is 16.9 Å². The summed E-state index contributed by atoms with van der Waals surface area (Å²) >= 11 is 2.55. The predicted octanol–water partition coefficient (Wildman–Crippen LogP) is -0.435. The number of aliphatic carboxylic acids is 1. The van der Waals surface area contributed by atoms with Gasteiger partial charge >= 0.3 is 5.97 Å². The molecule has 3 rings (SSSR count). The molecule has 0 radical (unpaired) electrons. The smallest absolute Gasteiger partial charge is 0.352 e. The van der Waals surface area contributed by atoms with E-state index >= 15 is 0 Å². The van der Waals surface area contributed by atoms with Gasteiger partial charge in [-0.3, -0.25) is 14.5 Å². The van der Waals surface area contributed by atoms with Gasteiger partial charge in [0.1, 0.15) is 11.1 Å². The number of aryl methyl sites for hydroxylation is 1. The second-order valence-corrected chi connectivity index (χ2v) is 8.70. The van der Waals surface area contributed by atoms with Crippen LogP contribution >= 0.6 is 23.5 Å². The number of nitriles is 1. The van der Waals surface area contributed by atoms with E-state index in [4.69, 9.17) is 10.00 Å². The molecule has 12 nitrogen and oxygen atoms in total. The van der Waals surface area contributed by atoms with Crippen LogP contribution in [0.4, 0.5) is 0 Å². The summed E-state index contributed by atoms with van der Waals surface area (Å²) < 4.78 is 6.83. The summed E-state index contributed by atoms with van der Waals surface area (Å²) in [7, 11) is 2.95. The van der Waals surface area contributed by atoms with Crippen molar-refractivity contribution in [2.45, 2.75) is 29.6 Å². The Morgan fingerprint density at radius 2 is 2.30 bits per heavy atom. The molecule has 3 heterocycles. The maximum absolute atomic E-state index is 13.0. The molecule has 30 heavy (non-hydrogen) atoms. The molecular formula is C16H19N7O5S2. The van der Waals surface area contributed by atoms with E-state index in [-0.39, 0.29) is 17.9 Å². The van der Waals surface area contributed by atoms with Gasteiger partial charge in [0.05, 0.1) is 12.0 Å². The minimum absolute atomic E-state index is 0.0957. The first-order chi connectivity index (χ1) is 14.2. The van der Waals surface area contributed by atoms with Crippen LogP contribution in [0.15, 0.2) is 16.4 Å². The fraction of sp³-hybridized carbons (Fsp3) is 0.562. The quantitative estimate of drug-likeness (QED) is 0.298. The number of nitrogens with one attached hydrogen (secondary N) is 1. The van der Waals surface area contributed by atoms with Gasteiger partial charge in [0.25, 0.3) is 11.6 Å². The summed E-state index contributed by atoms with van der Waals surface area (Å²) in [5, 5.41) is 32.1. The summed E-state index contributed by atoms with van der Waals surface area (Å²) in [6.07, 6.45) is -0.0957. The molecular weight excluding hydrogens is 434 g/mol. The molecule has 0 spiro atoms. The van der Waals surface area contributed by atoms with Gasteiger partial charge in [-0.1, -0.05) is 11.8 Å². The number of ether oxygens (including phenoxy) is 1. The maximum Gasteiger partial charge on any atom is 0.352 e. The van der Waals surface area contributed by atoms with Crippen molar-refractivity contribution < 1.29 is 24.2 Å². The van der Waals surface area contributed by atoms with Crippen molar-refractivity contribution in [1.29, 1.82) is 5.26 Å². The van der Waals surface area contributed by atoms with Crippen LogP contribution in [0.2, 0.25) is 0 Å². The first-order valence-corrected chi connectivity index (χ1v) is 10.8. The number of fused-ring (bicyclic) bond motifs is 1. The molecule has 0 aromatic carbocycles. The number of rotatable bonds is 8. The molecule has 14 heteroatoms. The first-order valence-electron chi connectivity index (χ1n) is 8.76. The largest absolute Gasteiger partial charge is 0.477 e. The van der Waals surface area contributed by atoms with Gasteiger partial charge in [0.2, 0.25) is 11.1 Å². The zero-order chi connectivity index (χ0) is 22.1. The van der Waals surface area contributed by atoms with E-state index in [0.717, 1.165) is 4.90 Å². The Balaban J connectivity index is 1.81. The standard InChI is InChI=1S/C16H19N7O5S2/c1-8(5-17)4-10(24)18-16(28-3)13(27)23-11(12(25)26)9(6-29-14(16)23)7-30-15-19-20-21-22(15)2/h8,14H,4,6-7H2,1-3H3,(H,18,24)(H,25,26)/t8?,14-,16+/m1/s1. The summed E-state index contributed by atoms with van der Waals surface area (Å²) in [6.45, 7) is 1.59. The van der Waals surface area contributed by atoms with Crippen molar-refractivity contribution in [3.8, 4) is 6.07 Å². The Morgan fingerprint density at radius 1 is 1.57 bits per heavy atom. The zero-order valence-electron chi connectivity index (χ0n) is 16.4. The maximum atomic E-state index is 13.0.